The maximum atomic E-state index is 9.63. The zero-order chi connectivity index (χ0) is 14.6. The smallest absolute Gasteiger partial charge is 0.0730 e. The Bertz CT molecular complexity index is 298. The average Bonchev–Trinajstić information content (AvgIpc) is 2.87. The Labute approximate surface area is 123 Å². The van der Waals surface area contributed by atoms with Gasteiger partial charge in [-0.2, -0.15) is 0 Å². The zero-order valence-electron chi connectivity index (χ0n) is 13.4. The Morgan fingerprint density at radius 1 is 1.40 bits per heavy atom. The van der Waals surface area contributed by atoms with Crippen molar-refractivity contribution < 1.29 is 9.84 Å². The van der Waals surface area contributed by atoms with Crippen LogP contribution in [0, 0.1) is 0 Å². The second kappa shape index (κ2) is 7.21. The van der Waals surface area contributed by atoms with Crippen LogP contribution in [-0.2, 0) is 4.74 Å². The first kappa shape index (κ1) is 16.2. The maximum Gasteiger partial charge on any atom is 0.0730 e. The summed E-state index contributed by atoms with van der Waals surface area (Å²) >= 11 is 0. The van der Waals surface area contributed by atoms with Crippen molar-refractivity contribution in [1.82, 2.24) is 10.2 Å². The van der Waals surface area contributed by atoms with E-state index in [2.05, 4.69) is 31.0 Å². The van der Waals surface area contributed by atoms with Crippen molar-refractivity contribution in [3.63, 3.8) is 0 Å². The lowest BCUT2D eigenvalue weighted by Gasteiger charge is -2.38. The Morgan fingerprint density at radius 2 is 2.20 bits per heavy atom. The number of aliphatic hydroxyl groups excluding tert-OH is 1. The van der Waals surface area contributed by atoms with Crippen molar-refractivity contribution in [2.45, 2.75) is 76.6 Å². The van der Waals surface area contributed by atoms with Crippen LogP contribution in [0.1, 0.15) is 52.9 Å². The molecule has 1 aliphatic carbocycles. The molecule has 1 aliphatic heterocycles. The number of morpholine rings is 1. The van der Waals surface area contributed by atoms with E-state index in [1.165, 1.54) is 19.3 Å². The van der Waals surface area contributed by atoms with Gasteiger partial charge in [-0.3, -0.25) is 4.90 Å². The molecule has 0 spiro atoms. The van der Waals surface area contributed by atoms with Crippen molar-refractivity contribution >= 4 is 0 Å². The van der Waals surface area contributed by atoms with Crippen molar-refractivity contribution in [1.29, 1.82) is 0 Å². The van der Waals surface area contributed by atoms with Gasteiger partial charge < -0.3 is 15.2 Å². The van der Waals surface area contributed by atoms with Gasteiger partial charge in [-0.15, -0.1) is 0 Å². The van der Waals surface area contributed by atoms with Crippen LogP contribution < -0.4 is 5.32 Å². The second-order valence-electron chi connectivity index (χ2n) is 7.06. The highest BCUT2D eigenvalue weighted by Crippen LogP contribution is 2.30. The monoisotopic (exact) mass is 284 g/mol. The Morgan fingerprint density at radius 3 is 2.90 bits per heavy atom. The van der Waals surface area contributed by atoms with Gasteiger partial charge in [0.2, 0.25) is 0 Å². The molecule has 0 bridgehead atoms. The van der Waals surface area contributed by atoms with Crippen LogP contribution >= 0.6 is 0 Å². The topological polar surface area (TPSA) is 44.7 Å². The van der Waals surface area contributed by atoms with E-state index in [4.69, 9.17) is 4.74 Å². The molecule has 0 aromatic rings. The van der Waals surface area contributed by atoms with Gasteiger partial charge in [0.1, 0.15) is 0 Å². The van der Waals surface area contributed by atoms with Crippen LogP contribution in [0.5, 0.6) is 0 Å². The van der Waals surface area contributed by atoms with Crippen LogP contribution in [-0.4, -0.2) is 60.0 Å². The van der Waals surface area contributed by atoms with Gasteiger partial charge in [-0.05, 0) is 45.6 Å². The van der Waals surface area contributed by atoms with E-state index in [0.717, 1.165) is 32.5 Å². The van der Waals surface area contributed by atoms with Crippen molar-refractivity contribution in [2.24, 2.45) is 0 Å². The zero-order valence-corrected chi connectivity index (χ0v) is 13.4. The Kier molecular flexibility index (Phi) is 5.84. The largest absolute Gasteiger partial charge is 0.394 e. The molecule has 3 atom stereocenters. The summed E-state index contributed by atoms with van der Waals surface area (Å²) in [4.78, 5) is 2.62. The average molecular weight is 284 g/mol. The van der Waals surface area contributed by atoms with Crippen LogP contribution in [0.15, 0.2) is 0 Å². The molecule has 0 radical (unpaired) electrons. The van der Waals surface area contributed by atoms with E-state index in [1.807, 2.05) is 0 Å². The summed E-state index contributed by atoms with van der Waals surface area (Å²) in [5.41, 5.74) is -0.143. The van der Waals surface area contributed by atoms with Crippen LogP contribution in [0.2, 0.25) is 0 Å². The lowest BCUT2D eigenvalue weighted by atomic mass is 9.95. The first-order valence-electron chi connectivity index (χ1n) is 8.28. The fraction of sp³-hybridized carbons (Fsp3) is 1.00. The lowest BCUT2D eigenvalue weighted by Crippen LogP contribution is -2.51. The van der Waals surface area contributed by atoms with E-state index in [1.54, 1.807) is 0 Å². The van der Waals surface area contributed by atoms with E-state index in [9.17, 15) is 5.11 Å². The van der Waals surface area contributed by atoms with E-state index in [0.29, 0.717) is 18.2 Å². The molecule has 1 saturated heterocycles. The summed E-state index contributed by atoms with van der Waals surface area (Å²) in [5.74, 6) is 0. The lowest BCUT2D eigenvalue weighted by molar-refractivity contribution is -0.0564. The van der Waals surface area contributed by atoms with Crippen molar-refractivity contribution in [3.05, 3.63) is 0 Å². The molecule has 1 saturated carbocycles. The van der Waals surface area contributed by atoms with Gasteiger partial charge in [-0.1, -0.05) is 13.8 Å². The number of rotatable bonds is 7. The molecule has 4 heteroatoms. The van der Waals surface area contributed by atoms with Crippen LogP contribution in [0.3, 0.4) is 0 Å². The highest BCUT2D eigenvalue weighted by molar-refractivity contribution is 4.90. The van der Waals surface area contributed by atoms with Gasteiger partial charge >= 0.3 is 0 Å². The number of hydrogen-bond acceptors (Lipinski definition) is 4. The Balaban J connectivity index is 1.76. The third-order valence-electron chi connectivity index (χ3n) is 4.76. The molecule has 3 unspecified atom stereocenters. The molecular weight excluding hydrogens is 252 g/mol. The molecule has 0 aromatic carbocycles. The number of fused-ring (bicyclic) bond motifs is 1. The molecule has 0 aromatic heterocycles. The molecule has 20 heavy (non-hydrogen) atoms. The van der Waals surface area contributed by atoms with Gasteiger partial charge in [0, 0.05) is 24.2 Å². The van der Waals surface area contributed by atoms with Crippen LogP contribution in [0.25, 0.3) is 0 Å². The summed E-state index contributed by atoms with van der Waals surface area (Å²) in [6, 6.07) is 1.07. The standard InChI is InChI=1S/C16H32N2O2/c1-13(2)17-16(3,12-19)8-5-9-18-10-11-20-15-7-4-6-14(15)18/h13-15,17,19H,4-12H2,1-3H3. The molecule has 4 nitrogen and oxygen atoms in total. The molecular formula is C16H32N2O2. The normalized spacial score (nSPS) is 30.4. The molecule has 0 amide bonds. The predicted octanol–water partition coefficient (Wildman–Crippen LogP) is 1.77. The minimum absolute atomic E-state index is 0.143. The van der Waals surface area contributed by atoms with Gasteiger partial charge in [-0.25, -0.2) is 0 Å². The number of aliphatic hydroxyl groups is 1. The third-order valence-corrected chi connectivity index (χ3v) is 4.76. The summed E-state index contributed by atoms with van der Waals surface area (Å²) in [6.45, 7) is 9.72. The first-order chi connectivity index (χ1) is 9.54. The molecule has 2 fully saturated rings. The second-order valence-corrected chi connectivity index (χ2v) is 7.06. The van der Waals surface area contributed by atoms with E-state index >= 15 is 0 Å². The van der Waals surface area contributed by atoms with E-state index in [-0.39, 0.29) is 12.1 Å². The fourth-order valence-electron chi connectivity index (χ4n) is 3.85. The van der Waals surface area contributed by atoms with Crippen LogP contribution in [0.4, 0.5) is 0 Å². The molecule has 2 N–H and O–H groups in total. The van der Waals surface area contributed by atoms with Gasteiger partial charge in [0.15, 0.2) is 0 Å². The minimum atomic E-state index is -0.143. The SMILES string of the molecule is CC(C)NC(C)(CO)CCCN1CCOC2CCCC21. The highest BCUT2D eigenvalue weighted by atomic mass is 16.5. The third kappa shape index (κ3) is 4.17. The minimum Gasteiger partial charge on any atom is -0.394 e. The predicted molar refractivity (Wildman–Crippen MR) is 81.9 cm³/mol. The molecule has 2 rings (SSSR count). The molecule has 118 valence electrons. The van der Waals surface area contributed by atoms with Crippen molar-refractivity contribution in [2.75, 3.05) is 26.3 Å². The Hall–Kier alpha value is -0.160. The maximum absolute atomic E-state index is 9.63. The quantitative estimate of drug-likeness (QED) is 0.748. The number of nitrogens with zero attached hydrogens (tertiary/aromatic N) is 1. The number of nitrogens with one attached hydrogen (secondary N) is 1. The summed E-state index contributed by atoms with van der Waals surface area (Å²) in [5, 5.41) is 13.1. The first-order valence-corrected chi connectivity index (χ1v) is 8.28. The highest BCUT2D eigenvalue weighted by Gasteiger charge is 2.35. The molecule has 2 aliphatic rings. The van der Waals surface area contributed by atoms with Crippen molar-refractivity contribution in [3.8, 4) is 0 Å². The van der Waals surface area contributed by atoms with Gasteiger partial charge in [0.25, 0.3) is 0 Å². The summed E-state index contributed by atoms with van der Waals surface area (Å²) < 4.78 is 5.86. The van der Waals surface area contributed by atoms with E-state index < -0.39 is 0 Å². The fourth-order valence-corrected chi connectivity index (χ4v) is 3.85. The number of hydrogen-bond donors (Lipinski definition) is 2. The summed E-state index contributed by atoms with van der Waals surface area (Å²) in [6.07, 6.45) is 6.50. The number of ether oxygens (including phenoxy) is 1. The molecule has 1 heterocycles. The van der Waals surface area contributed by atoms with Gasteiger partial charge in [0.05, 0.1) is 19.3 Å². The summed E-state index contributed by atoms with van der Waals surface area (Å²) in [7, 11) is 0.